The Morgan fingerprint density at radius 3 is 2.74 bits per heavy atom. The maximum Gasteiger partial charge on any atom is 0.264 e. The van der Waals surface area contributed by atoms with Gasteiger partial charge in [0, 0.05) is 19.6 Å². The molecule has 2 aromatic carbocycles. The van der Waals surface area contributed by atoms with Crippen LogP contribution in [0.2, 0.25) is 0 Å². The number of fused-ring (bicyclic) bond motifs is 1. The highest BCUT2D eigenvalue weighted by Gasteiger charge is 2.28. The molecule has 1 aliphatic rings. The molecule has 0 saturated carbocycles. The van der Waals surface area contributed by atoms with Gasteiger partial charge in [-0.2, -0.15) is 0 Å². The Labute approximate surface area is 144 Å². The lowest BCUT2D eigenvalue weighted by atomic mass is 10.2. The third kappa shape index (κ3) is 3.08. The SMILES string of the molecule is COc1ccc(S(=O)(=O)N2CCNCc3ccccc32)cc1Br. The van der Waals surface area contributed by atoms with E-state index in [0.717, 1.165) is 11.3 Å². The van der Waals surface area contributed by atoms with Crippen LogP contribution in [0.3, 0.4) is 0 Å². The number of rotatable bonds is 3. The molecule has 5 nitrogen and oxygen atoms in total. The normalized spacial score (nSPS) is 15.0. The van der Waals surface area contributed by atoms with Crippen molar-refractivity contribution in [2.75, 3.05) is 24.5 Å². The molecule has 0 radical (unpaired) electrons. The summed E-state index contributed by atoms with van der Waals surface area (Å²) in [7, 11) is -2.09. The van der Waals surface area contributed by atoms with Crippen LogP contribution in [0.4, 0.5) is 5.69 Å². The first kappa shape index (κ1) is 16.3. The van der Waals surface area contributed by atoms with Crippen LogP contribution in [0.25, 0.3) is 0 Å². The molecule has 2 aromatic rings. The van der Waals surface area contributed by atoms with Crippen LogP contribution >= 0.6 is 15.9 Å². The van der Waals surface area contributed by atoms with E-state index >= 15 is 0 Å². The number of nitrogens with zero attached hydrogens (tertiary/aromatic N) is 1. The van der Waals surface area contributed by atoms with Crippen LogP contribution in [-0.4, -0.2) is 28.6 Å². The molecule has 1 N–H and O–H groups in total. The first-order valence-corrected chi connectivity index (χ1v) is 9.42. The van der Waals surface area contributed by atoms with E-state index in [2.05, 4.69) is 21.2 Å². The Morgan fingerprint density at radius 2 is 2.00 bits per heavy atom. The monoisotopic (exact) mass is 396 g/mol. The smallest absolute Gasteiger partial charge is 0.264 e. The van der Waals surface area contributed by atoms with Gasteiger partial charge in [-0.1, -0.05) is 18.2 Å². The predicted octanol–water partition coefficient (Wildman–Crippen LogP) is 2.76. The lowest BCUT2D eigenvalue weighted by molar-refractivity contribution is 0.411. The summed E-state index contributed by atoms with van der Waals surface area (Å²) in [4.78, 5) is 0.238. The van der Waals surface area contributed by atoms with Crippen LogP contribution in [-0.2, 0) is 16.6 Å². The summed E-state index contributed by atoms with van der Waals surface area (Å²) in [5.41, 5.74) is 1.70. The second-order valence-corrected chi connectivity index (χ2v) is 7.90. The number of hydrogen-bond acceptors (Lipinski definition) is 4. The molecule has 1 heterocycles. The Hall–Kier alpha value is -1.57. The van der Waals surface area contributed by atoms with E-state index in [-0.39, 0.29) is 4.90 Å². The summed E-state index contributed by atoms with van der Waals surface area (Å²) in [6, 6.07) is 12.4. The third-order valence-electron chi connectivity index (χ3n) is 3.78. The van der Waals surface area contributed by atoms with Crippen molar-refractivity contribution in [2.24, 2.45) is 0 Å². The molecule has 0 aliphatic carbocycles. The number of methoxy groups -OCH3 is 1. The molecular weight excluding hydrogens is 380 g/mol. The molecule has 1 aliphatic heterocycles. The largest absolute Gasteiger partial charge is 0.496 e. The highest BCUT2D eigenvalue weighted by Crippen LogP contribution is 2.32. The van der Waals surface area contributed by atoms with Crippen molar-refractivity contribution in [1.82, 2.24) is 5.32 Å². The van der Waals surface area contributed by atoms with Crippen molar-refractivity contribution in [3.63, 3.8) is 0 Å². The van der Waals surface area contributed by atoms with Gasteiger partial charge in [0.2, 0.25) is 0 Å². The number of ether oxygens (including phenoxy) is 1. The number of halogens is 1. The summed E-state index contributed by atoms with van der Waals surface area (Å²) in [5, 5.41) is 3.25. The quantitative estimate of drug-likeness (QED) is 0.866. The van der Waals surface area contributed by atoms with E-state index < -0.39 is 10.0 Å². The summed E-state index contributed by atoms with van der Waals surface area (Å²) in [6.45, 7) is 1.66. The minimum atomic E-state index is -3.64. The molecule has 0 aromatic heterocycles. The lowest BCUT2D eigenvalue weighted by Gasteiger charge is -2.24. The zero-order valence-corrected chi connectivity index (χ0v) is 15.0. The predicted molar refractivity (Wildman–Crippen MR) is 93.4 cm³/mol. The molecule has 0 atom stereocenters. The molecule has 0 fully saturated rings. The first-order valence-electron chi connectivity index (χ1n) is 7.19. The van der Waals surface area contributed by atoms with Gasteiger partial charge < -0.3 is 10.1 Å². The van der Waals surface area contributed by atoms with Crippen molar-refractivity contribution in [3.05, 3.63) is 52.5 Å². The molecule has 0 saturated heterocycles. The second kappa shape index (κ2) is 6.51. The van der Waals surface area contributed by atoms with Crippen molar-refractivity contribution in [1.29, 1.82) is 0 Å². The lowest BCUT2D eigenvalue weighted by Crippen LogP contribution is -2.34. The van der Waals surface area contributed by atoms with Gasteiger partial charge in [-0.25, -0.2) is 8.42 Å². The molecule has 0 bridgehead atoms. The first-order chi connectivity index (χ1) is 11.0. The van der Waals surface area contributed by atoms with Gasteiger partial charge in [0.15, 0.2) is 0 Å². The summed E-state index contributed by atoms with van der Waals surface area (Å²) in [5.74, 6) is 0.599. The van der Waals surface area contributed by atoms with Gasteiger partial charge in [0.1, 0.15) is 5.75 Å². The summed E-state index contributed by atoms with van der Waals surface area (Å²) >= 11 is 3.35. The maximum atomic E-state index is 13.1. The Kier molecular flexibility index (Phi) is 4.61. The fraction of sp³-hybridized carbons (Fsp3) is 0.250. The zero-order valence-electron chi connectivity index (χ0n) is 12.6. The molecule has 23 heavy (non-hydrogen) atoms. The molecule has 0 spiro atoms. The number of benzene rings is 2. The number of hydrogen-bond donors (Lipinski definition) is 1. The summed E-state index contributed by atoms with van der Waals surface area (Å²) < 4.78 is 33.4. The molecule has 122 valence electrons. The van der Waals surface area contributed by atoms with E-state index in [1.54, 1.807) is 25.3 Å². The Bertz CT molecular complexity index is 824. The van der Waals surface area contributed by atoms with Crippen LogP contribution < -0.4 is 14.4 Å². The van der Waals surface area contributed by atoms with E-state index in [9.17, 15) is 8.42 Å². The van der Waals surface area contributed by atoms with Gasteiger partial charge in [0.05, 0.1) is 22.2 Å². The third-order valence-corrected chi connectivity index (χ3v) is 6.21. The van der Waals surface area contributed by atoms with Crippen molar-refractivity contribution >= 4 is 31.6 Å². The number of para-hydroxylation sites is 1. The van der Waals surface area contributed by atoms with E-state index in [1.807, 2.05) is 24.3 Å². The standard InChI is InChI=1S/C16H17BrN2O3S/c1-22-16-7-6-13(10-14(16)17)23(20,21)19-9-8-18-11-12-4-2-3-5-15(12)19/h2-7,10,18H,8-9,11H2,1H3. The molecule has 0 unspecified atom stereocenters. The zero-order chi connectivity index (χ0) is 16.4. The van der Waals surface area contributed by atoms with Crippen LogP contribution in [0.15, 0.2) is 51.8 Å². The highest BCUT2D eigenvalue weighted by atomic mass is 79.9. The molecule has 3 rings (SSSR count). The van der Waals surface area contributed by atoms with Crippen molar-refractivity contribution in [3.8, 4) is 5.75 Å². The fourth-order valence-electron chi connectivity index (χ4n) is 2.61. The Morgan fingerprint density at radius 1 is 1.22 bits per heavy atom. The van der Waals surface area contributed by atoms with Gasteiger partial charge in [-0.3, -0.25) is 4.31 Å². The van der Waals surface area contributed by atoms with E-state index in [4.69, 9.17) is 4.74 Å². The van der Waals surface area contributed by atoms with Gasteiger partial charge in [-0.05, 0) is 45.8 Å². The highest BCUT2D eigenvalue weighted by molar-refractivity contribution is 9.10. The second-order valence-electron chi connectivity index (χ2n) is 5.18. The van der Waals surface area contributed by atoms with E-state index in [1.165, 1.54) is 4.31 Å². The average Bonchev–Trinajstić information content (AvgIpc) is 2.77. The van der Waals surface area contributed by atoms with Crippen molar-refractivity contribution in [2.45, 2.75) is 11.4 Å². The average molecular weight is 397 g/mol. The number of nitrogens with one attached hydrogen (secondary N) is 1. The van der Waals surface area contributed by atoms with E-state index in [0.29, 0.717) is 29.9 Å². The van der Waals surface area contributed by atoms with Gasteiger partial charge in [0.25, 0.3) is 10.0 Å². The minimum absolute atomic E-state index is 0.238. The summed E-state index contributed by atoms with van der Waals surface area (Å²) in [6.07, 6.45) is 0. The molecule has 0 amide bonds. The van der Waals surface area contributed by atoms with Crippen LogP contribution in [0.1, 0.15) is 5.56 Å². The molecule has 7 heteroatoms. The number of sulfonamides is 1. The van der Waals surface area contributed by atoms with Gasteiger partial charge in [-0.15, -0.1) is 0 Å². The molecular formula is C16H17BrN2O3S. The fourth-order valence-corrected chi connectivity index (χ4v) is 4.83. The van der Waals surface area contributed by atoms with Crippen LogP contribution in [0.5, 0.6) is 5.75 Å². The van der Waals surface area contributed by atoms with Gasteiger partial charge >= 0.3 is 0 Å². The maximum absolute atomic E-state index is 13.1. The topological polar surface area (TPSA) is 58.6 Å². The Balaban J connectivity index is 2.07. The van der Waals surface area contributed by atoms with Crippen LogP contribution in [0, 0.1) is 0 Å². The van der Waals surface area contributed by atoms with Crippen molar-refractivity contribution < 1.29 is 13.2 Å². The number of anilines is 1. The minimum Gasteiger partial charge on any atom is -0.496 e.